The lowest BCUT2D eigenvalue weighted by Gasteiger charge is -2.10. The van der Waals surface area contributed by atoms with E-state index in [2.05, 4.69) is 5.32 Å². The number of fused-ring (bicyclic) bond motifs is 1. The minimum absolute atomic E-state index is 0.0697. The number of hydrogen-bond acceptors (Lipinski definition) is 1. The van der Waals surface area contributed by atoms with Crippen molar-refractivity contribution >= 4 is 28.3 Å². The Hall–Kier alpha value is -1.61. The minimum Gasteiger partial charge on any atom is -0.352 e. The molecule has 2 aromatic carbocycles. The SMILES string of the molecule is CCC(Cl)CCNC(=O)c1ccc(F)c2ccccc12. The quantitative estimate of drug-likeness (QED) is 0.826. The summed E-state index contributed by atoms with van der Waals surface area (Å²) in [5.41, 5.74) is 0.490. The van der Waals surface area contributed by atoms with Gasteiger partial charge in [0.1, 0.15) is 5.82 Å². The van der Waals surface area contributed by atoms with E-state index in [0.717, 1.165) is 12.8 Å². The molecule has 4 heteroatoms. The number of nitrogens with one attached hydrogen (secondary N) is 1. The van der Waals surface area contributed by atoms with Crippen LogP contribution in [0.5, 0.6) is 0 Å². The Balaban J connectivity index is 2.16. The first-order chi connectivity index (χ1) is 9.63. The molecule has 0 aliphatic heterocycles. The zero-order chi connectivity index (χ0) is 14.5. The van der Waals surface area contributed by atoms with Gasteiger partial charge in [-0.2, -0.15) is 0 Å². The molecule has 0 radical (unpaired) electrons. The summed E-state index contributed by atoms with van der Waals surface area (Å²) < 4.78 is 13.7. The Morgan fingerprint density at radius 2 is 1.95 bits per heavy atom. The first kappa shape index (κ1) is 14.8. The van der Waals surface area contributed by atoms with Gasteiger partial charge in [0.2, 0.25) is 0 Å². The average Bonchev–Trinajstić information content (AvgIpc) is 2.47. The van der Waals surface area contributed by atoms with Gasteiger partial charge in [0.15, 0.2) is 0 Å². The maximum absolute atomic E-state index is 13.7. The molecular formula is C16H17ClFNO. The highest BCUT2D eigenvalue weighted by atomic mass is 35.5. The van der Waals surface area contributed by atoms with E-state index in [1.165, 1.54) is 12.1 Å². The maximum atomic E-state index is 13.7. The normalized spacial score (nSPS) is 12.3. The molecule has 0 spiro atoms. The summed E-state index contributed by atoms with van der Waals surface area (Å²) in [6.07, 6.45) is 1.60. The molecule has 1 unspecified atom stereocenters. The Morgan fingerprint density at radius 1 is 1.25 bits per heavy atom. The number of hydrogen-bond donors (Lipinski definition) is 1. The third kappa shape index (κ3) is 3.28. The van der Waals surface area contributed by atoms with Crippen molar-refractivity contribution in [3.63, 3.8) is 0 Å². The van der Waals surface area contributed by atoms with Gasteiger partial charge < -0.3 is 5.32 Å². The van der Waals surface area contributed by atoms with Gasteiger partial charge in [0.05, 0.1) is 0 Å². The van der Waals surface area contributed by atoms with Crippen molar-refractivity contribution in [2.75, 3.05) is 6.54 Å². The predicted molar refractivity (Wildman–Crippen MR) is 80.8 cm³/mol. The molecule has 0 aromatic heterocycles. The van der Waals surface area contributed by atoms with Crippen molar-refractivity contribution in [1.82, 2.24) is 5.32 Å². The van der Waals surface area contributed by atoms with Crippen molar-refractivity contribution in [1.29, 1.82) is 0 Å². The lowest BCUT2D eigenvalue weighted by Crippen LogP contribution is -2.26. The number of benzene rings is 2. The van der Waals surface area contributed by atoms with E-state index in [-0.39, 0.29) is 17.1 Å². The molecule has 0 aliphatic rings. The molecule has 2 nitrogen and oxygen atoms in total. The lowest BCUT2D eigenvalue weighted by atomic mass is 10.0. The molecule has 1 amide bonds. The first-order valence-corrected chi connectivity index (χ1v) is 7.16. The number of carbonyl (C=O) groups is 1. The summed E-state index contributed by atoms with van der Waals surface area (Å²) in [5, 5.41) is 3.99. The highest BCUT2D eigenvalue weighted by Gasteiger charge is 2.12. The average molecular weight is 294 g/mol. The summed E-state index contributed by atoms with van der Waals surface area (Å²) in [5.74, 6) is -0.509. The fourth-order valence-electron chi connectivity index (χ4n) is 2.10. The topological polar surface area (TPSA) is 29.1 Å². The molecule has 0 saturated heterocycles. The maximum Gasteiger partial charge on any atom is 0.251 e. The van der Waals surface area contributed by atoms with Gasteiger partial charge in [-0.1, -0.05) is 31.2 Å². The molecule has 20 heavy (non-hydrogen) atoms. The van der Waals surface area contributed by atoms with Crippen LogP contribution in [0, 0.1) is 5.82 Å². The van der Waals surface area contributed by atoms with Crippen LogP contribution in [0.3, 0.4) is 0 Å². The molecular weight excluding hydrogens is 277 g/mol. The van der Waals surface area contributed by atoms with Gasteiger partial charge in [-0.15, -0.1) is 11.6 Å². The van der Waals surface area contributed by atoms with E-state index in [1.807, 2.05) is 6.92 Å². The van der Waals surface area contributed by atoms with E-state index in [1.54, 1.807) is 24.3 Å². The molecule has 1 atom stereocenters. The second-order valence-electron chi connectivity index (χ2n) is 4.69. The van der Waals surface area contributed by atoms with E-state index >= 15 is 0 Å². The standard InChI is InChI=1S/C16H17ClFNO/c1-2-11(17)9-10-19-16(20)14-7-8-15(18)13-6-4-3-5-12(13)14/h3-8,11H,2,9-10H2,1H3,(H,19,20). The smallest absolute Gasteiger partial charge is 0.251 e. The summed E-state index contributed by atoms with van der Waals surface area (Å²) in [7, 11) is 0. The second-order valence-corrected chi connectivity index (χ2v) is 5.31. The highest BCUT2D eigenvalue weighted by Crippen LogP contribution is 2.21. The third-order valence-electron chi connectivity index (χ3n) is 3.30. The zero-order valence-electron chi connectivity index (χ0n) is 11.3. The Kier molecular flexibility index (Phi) is 4.96. The van der Waals surface area contributed by atoms with Crippen LogP contribution < -0.4 is 5.32 Å². The summed E-state index contributed by atoms with van der Waals surface area (Å²) in [6.45, 7) is 2.53. The lowest BCUT2D eigenvalue weighted by molar-refractivity contribution is 0.0955. The van der Waals surface area contributed by atoms with Crippen molar-refractivity contribution in [3.8, 4) is 0 Å². The highest BCUT2D eigenvalue weighted by molar-refractivity contribution is 6.20. The molecule has 0 saturated carbocycles. The Labute approximate surface area is 122 Å². The van der Waals surface area contributed by atoms with Gasteiger partial charge in [0, 0.05) is 22.9 Å². The van der Waals surface area contributed by atoms with Crippen LogP contribution in [0.4, 0.5) is 4.39 Å². The van der Waals surface area contributed by atoms with Gasteiger partial charge in [-0.05, 0) is 30.4 Å². The van der Waals surface area contributed by atoms with Crippen molar-refractivity contribution < 1.29 is 9.18 Å². The van der Waals surface area contributed by atoms with Gasteiger partial charge in [-0.3, -0.25) is 4.79 Å². The summed E-state index contributed by atoms with van der Waals surface area (Å²) in [4.78, 5) is 12.2. The largest absolute Gasteiger partial charge is 0.352 e. The minimum atomic E-state index is -0.316. The third-order valence-corrected chi connectivity index (χ3v) is 3.83. The van der Waals surface area contributed by atoms with Crippen LogP contribution in [0.1, 0.15) is 30.1 Å². The van der Waals surface area contributed by atoms with E-state index < -0.39 is 0 Å². The number of carbonyl (C=O) groups excluding carboxylic acids is 1. The van der Waals surface area contributed by atoms with Crippen LogP contribution in [-0.2, 0) is 0 Å². The van der Waals surface area contributed by atoms with Crippen LogP contribution in [-0.4, -0.2) is 17.8 Å². The fraction of sp³-hybridized carbons (Fsp3) is 0.312. The zero-order valence-corrected chi connectivity index (χ0v) is 12.1. The molecule has 0 aliphatic carbocycles. The summed E-state index contributed by atoms with van der Waals surface area (Å²) >= 11 is 6.01. The predicted octanol–water partition coefficient (Wildman–Crippen LogP) is 4.12. The Bertz CT molecular complexity index is 614. The van der Waals surface area contributed by atoms with Crippen LogP contribution in [0.15, 0.2) is 36.4 Å². The fourth-order valence-corrected chi connectivity index (χ4v) is 2.21. The van der Waals surface area contributed by atoms with Crippen LogP contribution in [0.25, 0.3) is 10.8 Å². The molecule has 0 fully saturated rings. The second kappa shape index (κ2) is 6.71. The number of rotatable bonds is 5. The van der Waals surface area contributed by atoms with Crippen LogP contribution in [0.2, 0.25) is 0 Å². The van der Waals surface area contributed by atoms with Gasteiger partial charge in [0.25, 0.3) is 5.91 Å². The van der Waals surface area contributed by atoms with E-state index in [4.69, 9.17) is 11.6 Å². The summed E-state index contributed by atoms with van der Waals surface area (Å²) in [6, 6.07) is 9.83. The van der Waals surface area contributed by atoms with Crippen molar-refractivity contribution in [2.45, 2.75) is 25.1 Å². The first-order valence-electron chi connectivity index (χ1n) is 6.73. The molecule has 0 heterocycles. The van der Waals surface area contributed by atoms with Crippen molar-refractivity contribution in [2.24, 2.45) is 0 Å². The van der Waals surface area contributed by atoms with Crippen molar-refractivity contribution in [3.05, 3.63) is 47.8 Å². The number of alkyl halides is 1. The van der Waals surface area contributed by atoms with E-state index in [0.29, 0.717) is 22.9 Å². The van der Waals surface area contributed by atoms with Crippen LogP contribution >= 0.6 is 11.6 Å². The monoisotopic (exact) mass is 293 g/mol. The molecule has 106 valence electrons. The molecule has 1 N–H and O–H groups in total. The number of amides is 1. The number of halogens is 2. The van der Waals surface area contributed by atoms with Gasteiger partial charge in [-0.25, -0.2) is 4.39 Å². The van der Waals surface area contributed by atoms with Gasteiger partial charge >= 0.3 is 0 Å². The Morgan fingerprint density at radius 3 is 2.65 bits per heavy atom. The molecule has 2 aromatic rings. The molecule has 2 rings (SSSR count). The molecule has 0 bridgehead atoms. The van der Waals surface area contributed by atoms with E-state index in [9.17, 15) is 9.18 Å².